The van der Waals surface area contributed by atoms with Crippen LogP contribution in [-0.2, 0) is 22.2 Å². The van der Waals surface area contributed by atoms with E-state index in [4.69, 9.17) is 5.11 Å². The van der Waals surface area contributed by atoms with E-state index in [9.17, 15) is 9.00 Å². The summed E-state index contributed by atoms with van der Waals surface area (Å²) in [5.41, 5.74) is 1.19. The molecular formula is C15H23NO3S. The van der Waals surface area contributed by atoms with Crippen molar-refractivity contribution in [3.63, 3.8) is 0 Å². The van der Waals surface area contributed by atoms with E-state index in [-0.39, 0.29) is 5.92 Å². The van der Waals surface area contributed by atoms with Gasteiger partial charge in [0.1, 0.15) is 17.0 Å². The summed E-state index contributed by atoms with van der Waals surface area (Å²) < 4.78 is 14.8. The number of carbonyl (C=O) groups is 1. The molecule has 0 amide bonds. The molecule has 0 saturated heterocycles. The lowest BCUT2D eigenvalue weighted by atomic mass is 10.0. The van der Waals surface area contributed by atoms with Crippen molar-refractivity contribution in [2.75, 3.05) is 0 Å². The average molecular weight is 297 g/mol. The molecule has 0 aliphatic carbocycles. The Hall–Kier alpha value is -1.20. The van der Waals surface area contributed by atoms with Crippen LogP contribution >= 0.6 is 0 Å². The lowest BCUT2D eigenvalue weighted by Crippen LogP contribution is -2.41. The molecule has 0 aliphatic rings. The number of hydrogen-bond acceptors (Lipinski definition) is 2. The topological polar surface area (TPSA) is 66.4 Å². The number of rotatable bonds is 7. The van der Waals surface area contributed by atoms with Gasteiger partial charge in [-0.25, -0.2) is 8.93 Å². The van der Waals surface area contributed by atoms with Gasteiger partial charge in [0.25, 0.3) is 0 Å². The first-order valence-corrected chi connectivity index (χ1v) is 7.96. The predicted octanol–water partition coefficient (Wildman–Crippen LogP) is 2.61. The van der Waals surface area contributed by atoms with Gasteiger partial charge in [0.15, 0.2) is 0 Å². The Labute approximate surface area is 123 Å². The third-order valence-electron chi connectivity index (χ3n) is 2.95. The molecule has 0 aliphatic heterocycles. The van der Waals surface area contributed by atoms with Crippen LogP contribution in [0.25, 0.3) is 0 Å². The van der Waals surface area contributed by atoms with Gasteiger partial charge in [0.2, 0.25) is 0 Å². The van der Waals surface area contributed by atoms with E-state index in [0.717, 1.165) is 6.42 Å². The Morgan fingerprint density at radius 2 is 1.75 bits per heavy atom. The molecule has 0 aromatic heterocycles. The lowest BCUT2D eigenvalue weighted by Gasteiger charge is -2.17. The fourth-order valence-corrected chi connectivity index (χ4v) is 3.00. The third-order valence-corrected chi connectivity index (χ3v) is 4.12. The summed E-state index contributed by atoms with van der Waals surface area (Å²) in [6.07, 6.45) is 0.976. The highest BCUT2D eigenvalue weighted by Gasteiger charge is 2.23. The highest BCUT2D eigenvalue weighted by atomic mass is 32.2. The molecule has 4 nitrogen and oxygen atoms in total. The van der Waals surface area contributed by atoms with Gasteiger partial charge in [0.05, 0.1) is 4.90 Å². The summed E-state index contributed by atoms with van der Waals surface area (Å²) in [5, 5.41) is 9.09. The van der Waals surface area contributed by atoms with Crippen molar-refractivity contribution >= 4 is 17.0 Å². The molecule has 20 heavy (non-hydrogen) atoms. The number of carboxylic acid groups (broad SMARTS) is 1. The predicted molar refractivity (Wildman–Crippen MR) is 80.8 cm³/mol. The summed E-state index contributed by atoms with van der Waals surface area (Å²) in [6, 6.07) is 6.66. The highest BCUT2D eigenvalue weighted by molar-refractivity contribution is 7.83. The highest BCUT2D eigenvalue weighted by Crippen LogP contribution is 2.13. The number of nitrogens with one attached hydrogen (secondary N) is 1. The second-order valence-electron chi connectivity index (χ2n) is 5.69. The van der Waals surface area contributed by atoms with Crippen molar-refractivity contribution in [2.24, 2.45) is 11.8 Å². The Kier molecular flexibility index (Phi) is 6.36. The monoisotopic (exact) mass is 297 g/mol. The zero-order chi connectivity index (χ0) is 15.3. The first-order chi connectivity index (χ1) is 9.31. The van der Waals surface area contributed by atoms with Crippen LogP contribution in [0.1, 0.15) is 33.3 Å². The number of carboxylic acids is 1. The summed E-state index contributed by atoms with van der Waals surface area (Å²) in [4.78, 5) is 11.7. The largest absolute Gasteiger partial charge is 0.480 e. The van der Waals surface area contributed by atoms with Crippen LogP contribution in [0.15, 0.2) is 29.2 Å². The van der Waals surface area contributed by atoms with Crippen LogP contribution in [0.5, 0.6) is 0 Å². The van der Waals surface area contributed by atoms with Gasteiger partial charge in [-0.2, -0.15) is 0 Å². The van der Waals surface area contributed by atoms with Gasteiger partial charge in [-0.1, -0.05) is 39.8 Å². The summed E-state index contributed by atoms with van der Waals surface area (Å²) >= 11 is 0. The minimum atomic E-state index is -1.51. The Morgan fingerprint density at radius 1 is 1.20 bits per heavy atom. The summed E-state index contributed by atoms with van der Waals surface area (Å²) in [7, 11) is -1.51. The Balaban J connectivity index is 2.74. The van der Waals surface area contributed by atoms with Gasteiger partial charge in [0, 0.05) is 0 Å². The molecule has 0 radical (unpaired) electrons. The normalized spacial score (nSPS) is 14.5. The molecule has 0 bridgehead atoms. The van der Waals surface area contributed by atoms with E-state index in [1.807, 2.05) is 12.1 Å². The molecule has 0 fully saturated rings. The SMILES string of the molecule is CC(C)Cc1ccc(S(=O)NC(C(=O)O)C(C)C)cc1. The maximum absolute atomic E-state index is 12.1. The first-order valence-electron chi connectivity index (χ1n) is 6.81. The van der Waals surface area contributed by atoms with E-state index in [1.165, 1.54) is 5.56 Å². The standard InChI is InChI=1S/C15H23NO3S/c1-10(2)9-12-5-7-13(8-6-12)20(19)16-14(11(3)4)15(17)18/h5-8,10-11,14,16H,9H2,1-4H3,(H,17,18). The average Bonchev–Trinajstić information content (AvgIpc) is 2.35. The second kappa shape index (κ2) is 7.55. The zero-order valence-corrected chi connectivity index (χ0v) is 13.2. The smallest absolute Gasteiger partial charge is 0.321 e. The zero-order valence-electron chi connectivity index (χ0n) is 12.4. The van der Waals surface area contributed by atoms with Crippen LogP contribution in [0.2, 0.25) is 0 Å². The van der Waals surface area contributed by atoms with Crippen molar-refractivity contribution in [3.05, 3.63) is 29.8 Å². The molecule has 2 atom stereocenters. The van der Waals surface area contributed by atoms with Crippen molar-refractivity contribution in [1.82, 2.24) is 4.72 Å². The second-order valence-corrected chi connectivity index (χ2v) is 6.93. The van der Waals surface area contributed by atoms with E-state index >= 15 is 0 Å². The molecule has 1 aromatic carbocycles. The maximum atomic E-state index is 12.1. The van der Waals surface area contributed by atoms with Crippen LogP contribution in [0.3, 0.4) is 0 Å². The molecule has 112 valence electrons. The Bertz CT molecular complexity index is 469. The molecule has 2 N–H and O–H groups in total. The Morgan fingerprint density at radius 3 is 2.15 bits per heavy atom. The molecule has 5 heteroatoms. The molecule has 1 aromatic rings. The van der Waals surface area contributed by atoms with Gasteiger partial charge < -0.3 is 5.11 Å². The molecule has 0 heterocycles. The van der Waals surface area contributed by atoms with Gasteiger partial charge >= 0.3 is 5.97 Å². The van der Waals surface area contributed by atoms with Gasteiger partial charge in [-0.15, -0.1) is 0 Å². The van der Waals surface area contributed by atoms with E-state index < -0.39 is 23.0 Å². The molecule has 0 spiro atoms. The fourth-order valence-electron chi connectivity index (χ4n) is 1.88. The lowest BCUT2D eigenvalue weighted by molar-refractivity contribution is -0.140. The third kappa shape index (κ3) is 5.06. The molecule has 2 unspecified atom stereocenters. The quantitative estimate of drug-likeness (QED) is 0.813. The van der Waals surface area contributed by atoms with Crippen molar-refractivity contribution < 1.29 is 14.1 Å². The fraction of sp³-hybridized carbons (Fsp3) is 0.533. The van der Waals surface area contributed by atoms with Crippen LogP contribution < -0.4 is 4.72 Å². The first kappa shape index (κ1) is 16.9. The number of aliphatic carboxylic acids is 1. The minimum absolute atomic E-state index is 0.128. The molecular weight excluding hydrogens is 274 g/mol. The molecule has 0 saturated carbocycles. The molecule has 1 rings (SSSR count). The number of benzene rings is 1. The van der Waals surface area contributed by atoms with Crippen molar-refractivity contribution in [2.45, 2.75) is 45.1 Å². The maximum Gasteiger partial charge on any atom is 0.321 e. The van der Waals surface area contributed by atoms with Crippen LogP contribution in [-0.4, -0.2) is 21.3 Å². The van der Waals surface area contributed by atoms with Crippen molar-refractivity contribution in [3.8, 4) is 0 Å². The van der Waals surface area contributed by atoms with E-state index in [2.05, 4.69) is 18.6 Å². The van der Waals surface area contributed by atoms with Crippen LogP contribution in [0.4, 0.5) is 0 Å². The van der Waals surface area contributed by atoms with E-state index in [0.29, 0.717) is 10.8 Å². The number of hydrogen-bond donors (Lipinski definition) is 2. The van der Waals surface area contributed by atoms with E-state index in [1.54, 1.807) is 26.0 Å². The summed E-state index contributed by atoms with van der Waals surface area (Å²) in [5.74, 6) is -0.539. The minimum Gasteiger partial charge on any atom is -0.480 e. The summed E-state index contributed by atoms with van der Waals surface area (Å²) in [6.45, 7) is 7.87. The van der Waals surface area contributed by atoms with Crippen molar-refractivity contribution in [1.29, 1.82) is 0 Å². The van der Waals surface area contributed by atoms with Crippen LogP contribution in [0, 0.1) is 11.8 Å². The van der Waals surface area contributed by atoms with Gasteiger partial charge in [-0.3, -0.25) is 4.79 Å². The van der Waals surface area contributed by atoms with Gasteiger partial charge in [-0.05, 0) is 36.0 Å².